The summed E-state index contributed by atoms with van der Waals surface area (Å²) in [6, 6.07) is 18.1. The highest BCUT2D eigenvalue weighted by Gasteiger charge is 2.20. The van der Waals surface area contributed by atoms with Gasteiger partial charge >= 0.3 is 0 Å². The van der Waals surface area contributed by atoms with Crippen LogP contribution in [-0.4, -0.2) is 58.8 Å². The molecule has 1 fully saturated rings. The number of nitrogens with zero attached hydrogens (tertiary/aromatic N) is 5. The maximum Gasteiger partial charge on any atom is 0.256 e. The number of anilines is 2. The number of carbonyl (C=O) groups excluding carboxylic acids is 1. The number of nitrogens with one attached hydrogen (secondary N) is 1. The Morgan fingerprint density at radius 3 is 2.43 bits per heavy atom. The first kappa shape index (κ1) is 23.1. The molecule has 0 aliphatic carbocycles. The topological polar surface area (TPSA) is 66.3 Å². The van der Waals surface area contributed by atoms with Crippen molar-refractivity contribution < 1.29 is 4.79 Å². The summed E-state index contributed by atoms with van der Waals surface area (Å²) >= 11 is 0. The van der Waals surface area contributed by atoms with Crippen molar-refractivity contribution in [1.82, 2.24) is 19.7 Å². The zero-order valence-electron chi connectivity index (χ0n) is 20.8. The van der Waals surface area contributed by atoms with E-state index in [4.69, 9.17) is 4.98 Å². The van der Waals surface area contributed by atoms with Gasteiger partial charge in [0.15, 0.2) is 5.65 Å². The Morgan fingerprint density at radius 1 is 1.00 bits per heavy atom. The molecule has 7 nitrogen and oxygen atoms in total. The van der Waals surface area contributed by atoms with E-state index < -0.39 is 0 Å². The number of hydrogen-bond acceptors (Lipinski definition) is 5. The first-order chi connectivity index (χ1) is 16.9. The Bertz CT molecular complexity index is 1350. The predicted molar refractivity (Wildman–Crippen MR) is 142 cm³/mol. The van der Waals surface area contributed by atoms with Crippen molar-refractivity contribution in [2.45, 2.75) is 26.8 Å². The van der Waals surface area contributed by atoms with Gasteiger partial charge in [-0.05, 0) is 57.6 Å². The van der Waals surface area contributed by atoms with E-state index in [1.165, 1.54) is 5.69 Å². The molecule has 0 unspecified atom stereocenters. The van der Waals surface area contributed by atoms with Crippen LogP contribution in [0.4, 0.5) is 11.4 Å². The van der Waals surface area contributed by atoms with Crippen LogP contribution in [0.5, 0.6) is 0 Å². The monoisotopic (exact) mass is 468 g/mol. The fourth-order valence-electron chi connectivity index (χ4n) is 4.67. The van der Waals surface area contributed by atoms with Crippen molar-refractivity contribution in [1.29, 1.82) is 0 Å². The third kappa shape index (κ3) is 4.64. The van der Waals surface area contributed by atoms with E-state index in [0.29, 0.717) is 11.2 Å². The number of benzene rings is 2. The summed E-state index contributed by atoms with van der Waals surface area (Å²) in [5, 5.41) is 8.39. The van der Waals surface area contributed by atoms with Crippen LogP contribution < -0.4 is 10.2 Å². The van der Waals surface area contributed by atoms with E-state index in [-0.39, 0.29) is 11.9 Å². The molecule has 4 aromatic rings. The van der Waals surface area contributed by atoms with E-state index in [1.54, 1.807) is 6.20 Å². The van der Waals surface area contributed by atoms with Crippen LogP contribution in [0.25, 0.3) is 22.3 Å². The summed E-state index contributed by atoms with van der Waals surface area (Å²) < 4.78 is 1.87. The number of carbonyl (C=O) groups is 1. The van der Waals surface area contributed by atoms with Gasteiger partial charge in [-0.3, -0.25) is 4.79 Å². The molecule has 1 aliphatic rings. The van der Waals surface area contributed by atoms with E-state index >= 15 is 0 Å². The number of rotatable bonds is 5. The zero-order valence-corrected chi connectivity index (χ0v) is 20.8. The quantitative estimate of drug-likeness (QED) is 0.447. The van der Waals surface area contributed by atoms with Gasteiger partial charge in [0.2, 0.25) is 0 Å². The summed E-state index contributed by atoms with van der Waals surface area (Å²) in [6.45, 7) is 10.4. The van der Waals surface area contributed by atoms with Crippen LogP contribution >= 0.6 is 0 Å². The molecule has 35 heavy (non-hydrogen) atoms. The smallest absolute Gasteiger partial charge is 0.256 e. The standard InChI is InChI=1S/C28H32N6O/c1-19(2)34-27-24(18-29-34)23(17-25(31-27)21-8-6-5-7-9-21)28(35)30-22-10-11-26(20(3)16-22)33-14-12-32(4)13-15-33/h5-11,16-19H,12-15H2,1-4H3,(H,30,35). The molecular formula is C28H32N6O. The molecule has 180 valence electrons. The van der Waals surface area contributed by atoms with Crippen LogP contribution in [-0.2, 0) is 0 Å². The highest BCUT2D eigenvalue weighted by Crippen LogP contribution is 2.28. The first-order valence-electron chi connectivity index (χ1n) is 12.2. The third-order valence-electron chi connectivity index (χ3n) is 6.67. The number of hydrogen-bond donors (Lipinski definition) is 1. The molecule has 2 aromatic heterocycles. The van der Waals surface area contributed by atoms with E-state index in [9.17, 15) is 4.79 Å². The Morgan fingerprint density at radius 2 is 1.74 bits per heavy atom. The van der Waals surface area contributed by atoms with E-state index in [1.807, 2.05) is 47.1 Å². The van der Waals surface area contributed by atoms with Crippen LogP contribution in [0, 0.1) is 6.92 Å². The Hall–Kier alpha value is -3.71. The molecule has 0 spiro atoms. The minimum absolute atomic E-state index is 0.131. The Labute approximate surface area is 206 Å². The minimum atomic E-state index is -0.162. The van der Waals surface area contributed by atoms with Gasteiger partial charge in [-0.15, -0.1) is 0 Å². The van der Waals surface area contributed by atoms with Crippen LogP contribution in [0.1, 0.15) is 35.8 Å². The zero-order chi connectivity index (χ0) is 24.5. The summed E-state index contributed by atoms with van der Waals surface area (Å²) in [7, 11) is 2.16. The first-order valence-corrected chi connectivity index (χ1v) is 12.2. The molecule has 2 aromatic carbocycles. The van der Waals surface area contributed by atoms with E-state index in [0.717, 1.165) is 54.1 Å². The molecule has 0 saturated carbocycles. The van der Waals surface area contributed by atoms with Crippen molar-refractivity contribution in [3.8, 4) is 11.3 Å². The van der Waals surface area contributed by atoms with Gasteiger partial charge in [0.1, 0.15) is 0 Å². The highest BCUT2D eigenvalue weighted by atomic mass is 16.1. The molecule has 3 heterocycles. The molecule has 0 radical (unpaired) electrons. The fourth-order valence-corrected chi connectivity index (χ4v) is 4.67. The van der Waals surface area contributed by atoms with Gasteiger partial charge in [0, 0.05) is 49.2 Å². The summed E-state index contributed by atoms with van der Waals surface area (Å²) in [4.78, 5) is 23.2. The Balaban J connectivity index is 1.47. The van der Waals surface area contributed by atoms with Crippen molar-refractivity contribution >= 4 is 28.3 Å². The molecule has 1 amide bonds. The van der Waals surface area contributed by atoms with Crippen molar-refractivity contribution in [3.05, 3.63) is 71.9 Å². The summed E-state index contributed by atoms with van der Waals surface area (Å²) in [6.07, 6.45) is 1.74. The second kappa shape index (κ2) is 9.50. The molecule has 7 heteroatoms. The van der Waals surface area contributed by atoms with Gasteiger partial charge in [-0.25, -0.2) is 9.67 Å². The lowest BCUT2D eigenvalue weighted by molar-refractivity contribution is 0.102. The molecule has 1 N–H and O–H groups in total. The van der Waals surface area contributed by atoms with Crippen molar-refractivity contribution in [2.75, 3.05) is 43.4 Å². The lowest BCUT2D eigenvalue weighted by Crippen LogP contribution is -2.44. The van der Waals surface area contributed by atoms with Gasteiger partial charge in [0.05, 0.1) is 22.8 Å². The Kier molecular flexibility index (Phi) is 6.26. The lowest BCUT2D eigenvalue weighted by Gasteiger charge is -2.35. The van der Waals surface area contributed by atoms with Gasteiger partial charge in [0.25, 0.3) is 5.91 Å². The molecule has 0 bridgehead atoms. The van der Waals surface area contributed by atoms with Crippen molar-refractivity contribution in [3.63, 3.8) is 0 Å². The second-order valence-electron chi connectivity index (χ2n) is 9.59. The average molecular weight is 469 g/mol. The molecule has 0 atom stereocenters. The predicted octanol–water partition coefficient (Wildman–Crippen LogP) is 4.99. The lowest BCUT2D eigenvalue weighted by atomic mass is 10.1. The number of amides is 1. The fraction of sp³-hybridized carbons (Fsp3) is 0.321. The minimum Gasteiger partial charge on any atom is -0.369 e. The van der Waals surface area contributed by atoms with Crippen LogP contribution in [0.3, 0.4) is 0 Å². The molecular weight excluding hydrogens is 436 g/mol. The van der Waals surface area contributed by atoms with Gasteiger partial charge in [-0.1, -0.05) is 30.3 Å². The van der Waals surface area contributed by atoms with E-state index in [2.05, 4.69) is 60.2 Å². The molecule has 5 rings (SSSR count). The van der Waals surface area contributed by atoms with Crippen LogP contribution in [0.15, 0.2) is 60.8 Å². The second-order valence-corrected chi connectivity index (χ2v) is 9.59. The SMILES string of the molecule is Cc1cc(NC(=O)c2cc(-c3ccccc3)nc3c2cnn3C(C)C)ccc1N1CCN(C)CC1. The third-order valence-corrected chi connectivity index (χ3v) is 6.67. The van der Waals surface area contributed by atoms with Gasteiger partial charge < -0.3 is 15.1 Å². The summed E-state index contributed by atoms with van der Waals surface area (Å²) in [5.74, 6) is -0.162. The maximum atomic E-state index is 13.5. The molecule has 1 saturated heterocycles. The number of likely N-dealkylation sites (N-methyl/N-ethyl adjacent to an activating group) is 1. The summed E-state index contributed by atoms with van der Waals surface area (Å²) in [5.41, 5.74) is 6.18. The van der Waals surface area contributed by atoms with Crippen molar-refractivity contribution in [2.24, 2.45) is 0 Å². The number of pyridine rings is 1. The van der Waals surface area contributed by atoms with Crippen LogP contribution in [0.2, 0.25) is 0 Å². The average Bonchev–Trinajstić information content (AvgIpc) is 3.29. The highest BCUT2D eigenvalue weighted by molar-refractivity contribution is 6.12. The number of aromatic nitrogens is 3. The van der Waals surface area contributed by atoms with Gasteiger partial charge in [-0.2, -0.15) is 5.10 Å². The number of piperazine rings is 1. The maximum absolute atomic E-state index is 13.5. The largest absolute Gasteiger partial charge is 0.369 e. The number of fused-ring (bicyclic) bond motifs is 1. The molecule has 1 aliphatic heterocycles. The number of aryl methyl sites for hydroxylation is 1. The normalized spacial score (nSPS) is 14.6.